The highest BCUT2D eigenvalue weighted by molar-refractivity contribution is 7.91. The van der Waals surface area contributed by atoms with Crippen molar-refractivity contribution in [2.24, 2.45) is 22.7 Å². The maximum Gasteiger partial charge on any atom is 0.534 e. The Kier molecular flexibility index (Phi) is 5.60. The summed E-state index contributed by atoms with van der Waals surface area (Å²) in [5.74, 6) is -1.34. The van der Waals surface area contributed by atoms with Gasteiger partial charge in [-0.2, -0.15) is 21.6 Å². The lowest BCUT2D eigenvalue weighted by molar-refractivity contribution is -0.0760. The number of ether oxygens (including phenoxy) is 1. The van der Waals surface area contributed by atoms with E-state index >= 15 is 0 Å². The Morgan fingerprint density at radius 1 is 1.09 bits per heavy atom. The van der Waals surface area contributed by atoms with Gasteiger partial charge >= 0.3 is 15.6 Å². The molecular weight excluding hydrogens is 481 g/mol. The molecule has 1 aliphatic heterocycles. The van der Waals surface area contributed by atoms with Crippen LogP contribution in [0.3, 0.4) is 0 Å². The van der Waals surface area contributed by atoms with E-state index in [0.717, 1.165) is 31.7 Å². The lowest BCUT2D eigenvalue weighted by Crippen LogP contribution is -2.54. The minimum atomic E-state index is -5.99. The van der Waals surface area contributed by atoms with Gasteiger partial charge in [-0.1, -0.05) is 27.2 Å². The van der Waals surface area contributed by atoms with Crippen LogP contribution in [-0.2, 0) is 20.0 Å². The van der Waals surface area contributed by atoms with Crippen molar-refractivity contribution in [3.05, 3.63) is 17.7 Å². The fourth-order valence-corrected chi connectivity index (χ4v) is 9.48. The molecule has 186 valence electrons. The van der Waals surface area contributed by atoms with E-state index in [2.05, 4.69) is 25.0 Å². The number of hydrogen-bond acceptors (Lipinski definition) is 6. The summed E-state index contributed by atoms with van der Waals surface area (Å²) in [5.41, 5.74) is -5.94. The molecule has 2 aliphatic carbocycles. The van der Waals surface area contributed by atoms with Gasteiger partial charge in [-0.25, -0.2) is 8.42 Å². The summed E-state index contributed by atoms with van der Waals surface area (Å²) in [6.45, 7) is 6.47. The average Bonchev–Trinajstić information content (AvgIpc) is 2.66. The Hall–Kier alpha value is -1.49. The molecule has 11 heteroatoms. The quantitative estimate of drug-likeness (QED) is 0.418. The Bertz CT molecular complexity index is 1170. The summed E-state index contributed by atoms with van der Waals surface area (Å²) in [4.78, 5) is -0.201. The normalized spacial score (nSPS) is 32.8. The standard InChI is InChI=1S/C22H29F3O6S2/c1-20(2)8-5-9-21(3)15-12-32(26,27)17-11-13(30-4)10-16(31-33(28,29)22(23,24)25)19(17)14(15)6-7-18(20)21/h10-11,14-15,18H,5-9,12H2,1-4H3/t14-,15+,18+,21-/m1/s1. The van der Waals surface area contributed by atoms with E-state index in [-0.39, 0.29) is 44.6 Å². The highest BCUT2D eigenvalue weighted by Crippen LogP contribution is 2.65. The molecule has 1 aromatic rings. The number of hydrogen-bond donors (Lipinski definition) is 0. The van der Waals surface area contributed by atoms with E-state index < -0.39 is 37.1 Å². The van der Waals surface area contributed by atoms with Crippen LogP contribution in [0.2, 0.25) is 0 Å². The summed E-state index contributed by atoms with van der Waals surface area (Å²) in [7, 11) is -8.69. The number of benzene rings is 1. The second kappa shape index (κ2) is 7.50. The first-order valence-corrected chi connectivity index (χ1v) is 14.0. The molecule has 0 saturated heterocycles. The van der Waals surface area contributed by atoms with Crippen molar-refractivity contribution in [3.63, 3.8) is 0 Å². The molecule has 2 saturated carbocycles. The summed E-state index contributed by atoms with van der Waals surface area (Å²) in [6.07, 6.45) is 4.11. The molecule has 0 N–H and O–H groups in total. The smallest absolute Gasteiger partial charge is 0.497 e. The van der Waals surface area contributed by atoms with Crippen molar-refractivity contribution in [1.82, 2.24) is 0 Å². The van der Waals surface area contributed by atoms with Crippen molar-refractivity contribution in [1.29, 1.82) is 0 Å². The van der Waals surface area contributed by atoms with E-state index in [1.54, 1.807) is 0 Å². The third kappa shape index (κ3) is 3.83. The molecule has 6 nitrogen and oxygen atoms in total. The largest absolute Gasteiger partial charge is 0.534 e. The minimum absolute atomic E-state index is 0.0148. The average molecular weight is 511 g/mol. The maximum absolute atomic E-state index is 13.4. The highest BCUT2D eigenvalue weighted by atomic mass is 32.2. The first kappa shape index (κ1) is 24.6. The Morgan fingerprint density at radius 3 is 2.36 bits per heavy atom. The van der Waals surface area contributed by atoms with Crippen molar-refractivity contribution >= 4 is 20.0 Å². The maximum atomic E-state index is 13.4. The van der Waals surface area contributed by atoms with Crippen molar-refractivity contribution < 1.29 is 38.9 Å². The van der Waals surface area contributed by atoms with Crippen molar-refractivity contribution in [3.8, 4) is 11.5 Å². The van der Waals surface area contributed by atoms with Crippen LogP contribution in [0.15, 0.2) is 17.0 Å². The first-order valence-electron chi connectivity index (χ1n) is 11.0. The van der Waals surface area contributed by atoms with Gasteiger partial charge in [0.05, 0.1) is 17.8 Å². The highest BCUT2D eigenvalue weighted by Gasteiger charge is 2.59. The summed E-state index contributed by atoms with van der Waals surface area (Å²) >= 11 is 0. The van der Waals surface area contributed by atoms with Crippen LogP contribution < -0.4 is 8.92 Å². The Balaban J connectivity index is 1.91. The zero-order valence-corrected chi connectivity index (χ0v) is 20.7. The molecule has 0 spiro atoms. The molecule has 3 aliphatic rings. The van der Waals surface area contributed by atoms with Gasteiger partial charge in [-0.05, 0) is 60.3 Å². The van der Waals surface area contributed by atoms with Gasteiger partial charge in [0.25, 0.3) is 0 Å². The molecule has 1 heterocycles. The number of halogens is 3. The van der Waals surface area contributed by atoms with Gasteiger partial charge in [0.1, 0.15) is 5.75 Å². The van der Waals surface area contributed by atoms with Crippen LogP contribution in [0.25, 0.3) is 0 Å². The van der Waals surface area contributed by atoms with Crippen LogP contribution in [0, 0.1) is 22.7 Å². The predicted molar refractivity (Wildman–Crippen MR) is 115 cm³/mol. The van der Waals surface area contributed by atoms with Crippen molar-refractivity contribution in [2.45, 2.75) is 69.2 Å². The second-order valence-corrected chi connectivity index (χ2v) is 14.0. The molecule has 2 fully saturated rings. The van der Waals surface area contributed by atoms with Gasteiger partial charge < -0.3 is 8.92 Å². The number of methoxy groups -OCH3 is 1. The zero-order chi connectivity index (χ0) is 24.6. The Labute approximate surface area is 192 Å². The van der Waals surface area contributed by atoms with Gasteiger partial charge in [0.2, 0.25) is 0 Å². The molecular formula is C22H29F3O6S2. The van der Waals surface area contributed by atoms with Gasteiger partial charge in [0.15, 0.2) is 15.6 Å². The number of rotatable bonds is 3. The summed E-state index contributed by atoms with van der Waals surface area (Å²) in [6, 6.07) is 2.30. The Morgan fingerprint density at radius 2 is 1.76 bits per heavy atom. The molecule has 33 heavy (non-hydrogen) atoms. The van der Waals surface area contributed by atoms with Crippen LogP contribution >= 0.6 is 0 Å². The molecule has 0 radical (unpaired) electrons. The van der Waals surface area contributed by atoms with E-state index in [9.17, 15) is 30.0 Å². The topological polar surface area (TPSA) is 86.7 Å². The van der Waals surface area contributed by atoms with Crippen molar-refractivity contribution in [2.75, 3.05) is 12.9 Å². The number of alkyl halides is 3. The number of sulfone groups is 1. The molecule has 1 aromatic carbocycles. The zero-order valence-electron chi connectivity index (χ0n) is 19.0. The second-order valence-electron chi connectivity index (χ2n) is 10.5. The third-order valence-electron chi connectivity index (χ3n) is 8.28. The summed E-state index contributed by atoms with van der Waals surface area (Å²) in [5, 5.41) is 0. The fourth-order valence-electron chi connectivity index (χ4n) is 6.87. The molecule has 0 aromatic heterocycles. The minimum Gasteiger partial charge on any atom is -0.497 e. The first-order chi connectivity index (χ1) is 15.0. The molecule has 0 unspecified atom stereocenters. The van der Waals surface area contributed by atoms with E-state index in [4.69, 9.17) is 4.74 Å². The van der Waals surface area contributed by atoms with E-state index in [0.29, 0.717) is 6.42 Å². The van der Waals surface area contributed by atoms with Crippen LogP contribution in [0.5, 0.6) is 11.5 Å². The van der Waals surface area contributed by atoms with Gasteiger partial charge in [-0.15, -0.1) is 0 Å². The predicted octanol–water partition coefficient (Wildman–Crippen LogP) is 5.04. The van der Waals surface area contributed by atoms with Crippen LogP contribution in [0.4, 0.5) is 13.2 Å². The van der Waals surface area contributed by atoms with E-state index in [1.165, 1.54) is 13.2 Å². The third-order valence-corrected chi connectivity index (χ3v) is 11.0. The van der Waals surface area contributed by atoms with Crippen LogP contribution in [-0.4, -0.2) is 35.2 Å². The summed E-state index contributed by atoms with van der Waals surface area (Å²) < 4.78 is 99.5. The molecule has 4 atom stereocenters. The lowest BCUT2D eigenvalue weighted by atomic mass is 9.46. The molecule has 0 amide bonds. The monoisotopic (exact) mass is 510 g/mol. The van der Waals surface area contributed by atoms with Crippen LogP contribution in [0.1, 0.15) is 64.4 Å². The lowest BCUT2D eigenvalue weighted by Gasteiger charge is -2.60. The number of fused-ring (bicyclic) bond motifs is 5. The molecule has 4 rings (SSSR count). The van der Waals surface area contributed by atoms with E-state index in [1.807, 2.05) is 0 Å². The fraction of sp³-hybridized carbons (Fsp3) is 0.727. The molecule has 0 bridgehead atoms. The van der Waals surface area contributed by atoms with Gasteiger partial charge in [-0.3, -0.25) is 0 Å². The SMILES string of the molecule is COc1cc(OS(=O)(=O)C(F)(F)F)c2c(c1)S(=O)(=O)C[C@H]1[C@H]2CC[C@H]2C(C)(C)CCC[C@]12C. The van der Waals surface area contributed by atoms with Gasteiger partial charge in [0, 0.05) is 11.6 Å².